The van der Waals surface area contributed by atoms with Gasteiger partial charge in [-0.15, -0.1) is 0 Å². The second kappa shape index (κ2) is 7.23. The molecule has 1 aromatic rings. The molecule has 2 atom stereocenters. The van der Waals surface area contributed by atoms with Crippen LogP contribution >= 0.6 is 11.6 Å². The highest BCUT2D eigenvalue weighted by molar-refractivity contribution is 6.30. The summed E-state index contributed by atoms with van der Waals surface area (Å²) in [7, 11) is 0. The Bertz CT molecular complexity index is 634. The van der Waals surface area contributed by atoms with E-state index in [-0.39, 0.29) is 5.97 Å². The maximum atomic E-state index is 12.0. The summed E-state index contributed by atoms with van der Waals surface area (Å²) >= 11 is 5.86. The molecule has 0 saturated carbocycles. The van der Waals surface area contributed by atoms with Gasteiger partial charge in [0.2, 0.25) is 5.90 Å². The van der Waals surface area contributed by atoms with E-state index in [1.165, 1.54) is 0 Å². The summed E-state index contributed by atoms with van der Waals surface area (Å²) in [6.45, 7) is 3.30. The number of rotatable bonds is 5. The van der Waals surface area contributed by atoms with Crippen LogP contribution in [0.25, 0.3) is 0 Å². The zero-order valence-corrected chi connectivity index (χ0v) is 13.8. The molecule has 2 heterocycles. The van der Waals surface area contributed by atoms with Gasteiger partial charge in [0.15, 0.2) is 6.04 Å². The maximum Gasteiger partial charge on any atom is 0.343 e. The van der Waals surface area contributed by atoms with E-state index >= 15 is 0 Å². The first-order valence-electron chi connectivity index (χ1n) is 7.81. The molecule has 1 aromatic carbocycles. The van der Waals surface area contributed by atoms with Gasteiger partial charge in [-0.3, -0.25) is 4.99 Å². The van der Waals surface area contributed by atoms with Gasteiger partial charge in [0.1, 0.15) is 0 Å². The van der Waals surface area contributed by atoms with Gasteiger partial charge in [-0.1, -0.05) is 11.6 Å². The number of carbonyl (C=O) groups excluding carboxylic acids is 1. The van der Waals surface area contributed by atoms with Crippen LogP contribution in [0.4, 0.5) is 0 Å². The average Bonchev–Trinajstić information content (AvgIpc) is 3.17. The maximum absolute atomic E-state index is 12.0. The van der Waals surface area contributed by atoms with Crippen molar-refractivity contribution >= 4 is 29.2 Å². The lowest BCUT2D eigenvalue weighted by Crippen LogP contribution is -2.23. The highest BCUT2D eigenvalue weighted by Crippen LogP contribution is 2.18. The van der Waals surface area contributed by atoms with Gasteiger partial charge < -0.3 is 9.47 Å². The molecule has 1 unspecified atom stereocenters. The number of carbonyl (C=O) groups is 1. The van der Waals surface area contributed by atoms with Crippen molar-refractivity contribution in [3.8, 4) is 0 Å². The van der Waals surface area contributed by atoms with E-state index in [9.17, 15) is 4.79 Å². The second-order valence-electron chi connectivity index (χ2n) is 5.71. The standard InChI is InChI=1S/C17H19ClN2O3/c1-11(19-9-8-14-3-2-10-22-14)15-17(21)23-16(20-15)12-4-6-13(18)7-5-12/h4-7,14-15H,2-3,8-10H2,1H3/t14-,15?/m1/s1. The quantitative estimate of drug-likeness (QED) is 0.614. The normalized spacial score (nSPS) is 24.7. The Morgan fingerprint density at radius 1 is 1.39 bits per heavy atom. The first-order chi connectivity index (χ1) is 11.1. The topological polar surface area (TPSA) is 60.3 Å². The summed E-state index contributed by atoms with van der Waals surface area (Å²) in [6, 6.07) is 6.39. The van der Waals surface area contributed by atoms with E-state index in [2.05, 4.69) is 9.98 Å². The van der Waals surface area contributed by atoms with Crippen molar-refractivity contribution in [2.24, 2.45) is 9.98 Å². The largest absolute Gasteiger partial charge is 0.405 e. The van der Waals surface area contributed by atoms with Gasteiger partial charge in [0, 0.05) is 29.4 Å². The Balaban J connectivity index is 1.63. The Labute approximate surface area is 140 Å². The molecular weight excluding hydrogens is 316 g/mol. The molecule has 122 valence electrons. The minimum Gasteiger partial charge on any atom is -0.405 e. The van der Waals surface area contributed by atoms with E-state index in [4.69, 9.17) is 21.1 Å². The molecule has 0 aromatic heterocycles. The van der Waals surface area contributed by atoms with Gasteiger partial charge >= 0.3 is 5.97 Å². The molecule has 0 aliphatic carbocycles. The molecule has 5 nitrogen and oxygen atoms in total. The van der Waals surface area contributed by atoms with Crippen LogP contribution in [0.5, 0.6) is 0 Å². The lowest BCUT2D eigenvalue weighted by atomic mass is 10.2. The number of hydrogen-bond donors (Lipinski definition) is 0. The number of cyclic esters (lactones) is 1. The van der Waals surface area contributed by atoms with Gasteiger partial charge in [0.05, 0.1) is 6.10 Å². The number of esters is 1. The third-order valence-electron chi connectivity index (χ3n) is 3.99. The predicted octanol–water partition coefficient (Wildman–Crippen LogP) is 3.04. The van der Waals surface area contributed by atoms with E-state index in [1.807, 2.05) is 6.92 Å². The van der Waals surface area contributed by atoms with Crippen molar-refractivity contribution in [2.45, 2.75) is 38.3 Å². The molecule has 0 bridgehead atoms. The van der Waals surface area contributed by atoms with E-state index < -0.39 is 6.04 Å². The number of ether oxygens (including phenoxy) is 2. The zero-order chi connectivity index (χ0) is 16.2. The molecule has 2 aliphatic rings. The number of halogens is 1. The van der Waals surface area contributed by atoms with Crippen LogP contribution in [0.2, 0.25) is 5.02 Å². The fourth-order valence-electron chi connectivity index (χ4n) is 2.68. The Morgan fingerprint density at radius 2 is 2.17 bits per heavy atom. The smallest absolute Gasteiger partial charge is 0.343 e. The summed E-state index contributed by atoms with van der Waals surface area (Å²) in [5.41, 5.74) is 1.41. The van der Waals surface area contributed by atoms with Crippen molar-refractivity contribution in [2.75, 3.05) is 13.2 Å². The van der Waals surface area contributed by atoms with E-state index in [0.29, 0.717) is 29.3 Å². The molecule has 6 heteroatoms. The summed E-state index contributed by atoms with van der Waals surface area (Å²) < 4.78 is 10.8. The van der Waals surface area contributed by atoms with Crippen LogP contribution in [-0.4, -0.2) is 42.9 Å². The first-order valence-corrected chi connectivity index (χ1v) is 8.19. The van der Waals surface area contributed by atoms with Crippen LogP contribution in [0.3, 0.4) is 0 Å². The van der Waals surface area contributed by atoms with Crippen LogP contribution in [0.15, 0.2) is 34.3 Å². The SMILES string of the molecule is CC(=NCC[C@H]1CCCO1)C1N=C(c2ccc(Cl)cc2)OC1=O. The van der Waals surface area contributed by atoms with Crippen molar-refractivity contribution in [1.82, 2.24) is 0 Å². The number of aliphatic imine (C=N–C) groups is 2. The number of hydrogen-bond acceptors (Lipinski definition) is 5. The van der Waals surface area contributed by atoms with Crippen molar-refractivity contribution in [3.05, 3.63) is 34.9 Å². The highest BCUT2D eigenvalue weighted by atomic mass is 35.5. The van der Waals surface area contributed by atoms with Crippen molar-refractivity contribution < 1.29 is 14.3 Å². The third kappa shape index (κ3) is 3.98. The van der Waals surface area contributed by atoms with Crippen LogP contribution in [0.1, 0.15) is 31.7 Å². The molecule has 0 N–H and O–H groups in total. The summed E-state index contributed by atoms with van der Waals surface area (Å²) in [5, 5.41) is 0.627. The lowest BCUT2D eigenvalue weighted by Gasteiger charge is -2.07. The molecule has 23 heavy (non-hydrogen) atoms. The second-order valence-corrected chi connectivity index (χ2v) is 6.15. The minimum atomic E-state index is -0.648. The molecule has 0 amide bonds. The number of benzene rings is 1. The van der Waals surface area contributed by atoms with Crippen LogP contribution in [-0.2, 0) is 14.3 Å². The Morgan fingerprint density at radius 3 is 2.87 bits per heavy atom. The lowest BCUT2D eigenvalue weighted by molar-refractivity contribution is -0.133. The van der Waals surface area contributed by atoms with Crippen molar-refractivity contribution in [3.63, 3.8) is 0 Å². The van der Waals surface area contributed by atoms with Gasteiger partial charge in [-0.2, -0.15) is 0 Å². The molecule has 2 aliphatic heterocycles. The average molecular weight is 335 g/mol. The Kier molecular flexibility index (Phi) is 5.08. The highest BCUT2D eigenvalue weighted by Gasteiger charge is 2.32. The molecule has 1 fully saturated rings. The van der Waals surface area contributed by atoms with Gasteiger partial charge in [-0.25, -0.2) is 9.79 Å². The monoisotopic (exact) mass is 334 g/mol. The van der Waals surface area contributed by atoms with Gasteiger partial charge in [-0.05, 0) is 50.5 Å². The van der Waals surface area contributed by atoms with E-state index in [0.717, 1.165) is 31.4 Å². The summed E-state index contributed by atoms with van der Waals surface area (Å²) in [4.78, 5) is 20.8. The zero-order valence-electron chi connectivity index (χ0n) is 13.0. The molecule has 0 spiro atoms. The van der Waals surface area contributed by atoms with Crippen LogP contribution < -0.4 is 0 Å². The van der Waals surface area contributed by atoms with Gasteiger partial charge in [0.25, 0.3) is 0 Å². The predicted molar refractivity (Wildman–Crippen MR) is 89.4 cm³/mol. The minimum absolute atomic E-state index is 0.301. The summed E-state index contributed by atoms with van der Waals surface area (Å²) in [6.07, 6.45) is 3.40. The third-order valence-corrected chi connectivity index (χ3v) is 4.24. The molecule has 0 radical (unpaired) electrons. The summed E-state index contributed by atoms with van der Waals surface area (Å²) in [5.74, 6) is -0.0568. The van der Waals surface area contributed by atoms with Crippen molar-refractivity contribution in [1.29, 1.82) is 0 Å². The molecular formula is C17H19ClN2O3. The number of nitrogens with zero attached hydrogens (tertiary/aromatic N) is 2. The molecule has 1 saturated heterocycles. The Hall–Kier alpha value is -1.72. The van der Waals surface area contributed by atoms with E-state index in [1.54, 1.807) is 24.3 Å². The molecule has 3 rings (SSSR count). The fourth-order valence-corrected chi connectivity index (χ4v) is 2.81. The fraction of sp³-hybridized carbons (Fsp3) is 0.471. The van der Waals surface area contributed by atoms with Crippen LogP contribution in [0, 0.1) is 0 Å². The first kappa shape index (κ1) is 16.1.